The monoisotopic (exact) mass is 484 g/mol. The first-order chi connectivity index (χ1) is 17.5. The van der Waals surface area contributed by atoms with Crippen LogP contribution in [0.5, 0.6) is 5.75 Å². The van der Waals surface area contributed by atoms with Gasteiger partial charge in [0.1, 0.15) is 11.6 Å². The predicted octanol–water partition coefficient (Wildman–Crippen LogP) is 6.04. The minimum Gasteiger partial charge on any atom is -0.497 e. The van der Waals surface area contributed by atoms with Gasteiger partial charge in [-0.2, -0.15) is 0 Å². The average molecular weight is 485 g/mol. The zero-order chi connectivity index (χ0) is 25.1. The first-order valence-electron chi connectivity index (χ1n) is 12.3. The van der Waals surface area contributed by atoms with E-state index in [4.69, 9.17) is 4.74 Å². The normalized spacial score (nSPS) is 14.2. The van der Waals surface area contributed by atoms with Gasteiger partial charge in [0.05, 0.1) is 7.11 Å². The van der Waals surface area contributed by atoms with E-state index in [9.17, 15) is 14.0 Å². The highest BCUT2D eigenvalue weighted by molar-refractivity contribution is 5.98. The summed E-state index contributed by atoms with van der Waals surface area (Å²) in [6.45, 7) is 1.14. The summed E-state index contributed by atoms with van der Waals surface area (Å²) >= 11 is 0. The number of aromatic amines is 1. The summed E-state index contributed by atoms with van der Waals surface area (Å²) in [7, 11) is 1.60. The molecule has 1 fully saturated rings. The Balaban J connectivity index is 1.25. The lowest BCUT2D eigenvalue weighted by Crippen LogP contribution is -2.40. The molecule has 1 aliphatic rings. The molecule has 0 spiro atoms. The van der Waals surface area contributed by atoms with Crippen LogP contribution in [0.25, 0.3) is 22.2 Å². The zero-order valence-corrected chi connectivity index (χ0v) is 20.3. The maximum absolute atomic E-state index is 14.1. The number of Topliss-reactive ketones (excluding diaryl/α,β-unsaturated/α-hetero) is 1. The van der Waals surface area contributed by atoms with Crippen LogP contribution in [0.4, 0.5) is 4.39 Å². The van der Waals surface area contributed by atoms with Crippen LogP contribution in [-0.4, -0.2) is 41.8 Å². The molecule has 184 valence electrons. The molecule has 6 heteroatoms. The largest absolute Gasteiger partial charge is 0.497 e. The van der Waals surface area contributed by atoms with Gasteiger partial charge >= 0.3 is 0 Å². The van der Waals surface area contributed by atoms with Crippen molar-refractivity contribution in [3.63, 3.8) is 0 Å². The van der Waals surface area contributed by atoms with E-state index < -0.39 is 0 Å². The Morgan fingerprint density at radius 2 is 1.72 bits per heavy atom. The van der Waals surface area contributed by atoms with Crippen molar-refractivity contribution in [2.45, 2.75) is 25.7 Å². The smallest absolute Gasteiger partial charge is 0.222 e. The number of ketones is 1. The molecule has 1 N–H and O–H groups in total. The number of ether oxygens (including phenoxy) is 1. The Morgan fingerprint density at radius 1 is 1.00 bits per heavy atom. The molecule has 1 aromatic heterocycles. The lowest BCUT2D eigenvalue weighted by molar-refractivity contribution is -0.132. The molecular weight excluding hydrogens is 455 g/mol. The number of fused-ring (bicyclic) bond motifs is 1. The van der Waals surface area contributed by atoms with E-state index in [1.807, 2.05) is 35.2 Å². The van der Waals surface area contributed by atoms with Crippen LogP contribution in [0.2, 0.25) is 0 Å². The second-order valence-electron chi connectivity index (χ2n) is 9.28. The number of nitrogens with one attached hydrogen (secondary N) is 1. The number of methoxy groups -OCH3 is 1. The molecule has 1 amide bonds. The van der Waals surface area contributed by atoms with Crippen molar-refractivity contribution in [3.05, 3.63) is 89.7 Å². The number of hydrogen-bond acceptors (Lipinski definition) is 3. The van der Waals surface area contributed by atoms with E-state index in [1.165, 1.54) is 12.1 Å². The Morgan fingerprint density at radius 3 is 2.42 bits per heavy atom. The van der Waals surface area contributed by atoms with E-state index in [0.29, 0.717) is 44.3 Å². The number of benzene rings is 3. The van der Waals surface area contributed by atoms with Crippen LogP contribution < -0.4 is 4.74 Å². The maximum atomic E-state index is 14.1. The summed E-state index contributed by atoms with van der Waals surface area (Å²) in [5.41, 5.74) is 4.42. The van der Waals surface area contributed by atoms with Crippen molar-refractivity contribution in [3.8, 4) is 17.0 Å². The number of likely N-dealkylation sites (tertiary alicyclic amines) is 1. The molecule has 4 aromatic rings. The van der Waals surface area contributed by atoms with Crippen LogP contribution in [0.1, 0.15) is 35.2 Å². The molecule has 0 radical (unpaired) electrons. The van der Waals surface area contributed by atoms with Crippen molar-refractivity contribution in [1.82, 2.24) is 9.88 Å². The fourth-order valence-electron chi connectivity index (χ4n) is 5.10. The SMILES string of the molecule is COc1ccc(C(=O)C2CCN(C(=O)CCc3c(-c4ccccc4)[nH]c4ccc(F)cc34)CC2)cc1. The maximum Gasteiger partial charge on any atom is 0.222 e. The van der Waals surface area contributed by atoms with Gasteiger partial charge in [-0.3, -0.25) is 9.59 Å². The Bertz CT molecular complexity index is 1370. The number of hydrogen-bond donors (Lipinski definition) is 1. The van der Waals surface area contributed by atoms with E-state index in [1.54, 1.807) is 37.4 Å². The third kappa shape index (κ3) is 4.89. The fraction of sp³-hybridized carbons (Fsp3) is 0.267. The highest BCUT2D eigenvalue weighted by atomic mass is 19.1. The molecule has 3 aromatic carbocycles. The van der Waals surface area contributed by atoms with Crippen molar-refractivity contribution in [1.29, 1.82) is 0 Å². The Hall–Kier alpha value is -3.93. The van der Waals surface area contributed by atoms with E-state index in [-0.39, 0.29) is 23.4 Å². The molecule has 0 aliphatic carbocycles. The van der Waals surface area contributed by atoms with Gasteiger partial charge in [-0.05, 0) is 72.9 Å². The third-order valence-electron chi connectivity index (χ3n) is 7.11. The molecule has 0 saturated carbocycles. The first-order valence-corrected chi connectivity index (χ1v) is 12.3. The Kier molecular flexibility index (Phi) is 6.85. The van der Waals surface area contributed by atoms with E-state index in [2.05, 4.69) is 4.98 Å². The highest BCUT2D eigenvalue weighted by Crippen LogP contribution is 2.32. The summed E-state index contributed by atoms with van der Waals surface area (Å²) in [4.78, 5) is 31.3. The number of H-pyrrole nitrogens is 1. The minimum atomic E-state index is -0.294. The van der Waals surface area contributed by atoms with Crippen LogP contribution in [0.15, 0.2) is 72.8 Å². The number of amides is 1. The second-order valence-corrected chi connectivity index (χ2v) is 9.28. The predicted molar refractivity (Wildman–Crippen MR) is 139 cm³/mol. The van der Waals surface area contributed by atoms with Crippen LogP contribution >= 0.6 is 0 Å². The summed E-state index contributed by atoms with van der Waals surface area (Å²) in [5, 5.41) is 0.811. The molecule has 1 saturated heterocycles. The van der Waals surface area contributed by atoms with Crippen molar-refractivity contribution in [2.75, 3.05) is 20.2 Å². The van der Waals surface area contributed by atoms with Gasteiger partial charge in [-0.1, -0.05) is 30.3 Å². The first kappa shape index (κ1) is 23.8. The van der Waals surface area contributed by atoms with Gasteiger partial charge in [0.15, 0.2) is 5.78 Å². The molecule has 0 bridgehead atoms. The van der Waals surface area contributed by atoms with Crippen molar-refractivity contribution < 1.29 is 18.7 Å². The van der Waals surface area contributed by atoms with Crippen LogP contribution in [0, 0.1) is 11.7 Å². The van der Waals surface area contributed by atoms with Crippen LogP contribution in [0.3, 0.4) is 0 Å². The zero-order valence-electron chi connectivity index (χ0n) is 20.3. The lowest BCUT2D eigenvalue weighted by Gasteiger charge is -2.31. The number of carbonyl (C=O) groups excluding carboxylic acids is 2. The van der Waals surface area contributed by atoms with Crippen molar-refractivity contribution >= 4 is 22.6 Å². The number of carbonyl (C=O) groups is 2. The number of nitrogens with zero attached hydrogens (tertiary/aromatic N) is 1. The molecular formula is C30H29FN2O3. The summed E-state index contributed by atoms with van der Waals surface area (Å²) in [6, 6.07) is 21.8. The fourth-order valence-corrected chi connectivity index (χ4v) is 5.10. The lowest BCUT2D eigenvalue weighted by atomic mass is 9.88. The molecule has 5 nitrogen and oxygen atoms in total. The van der Waals surface area contributed by atoms with Gasteiger partial charge in [-0.15, -0.1) is 0 Å². The number of aromatic nitrogens is 1. The van der Waals surface area contributed by atoms with Gasteiger partial charge in [0.2, 0.25) is 5.91 Å². The molecule has 36 heavy (non-hydrogen) atoms. The molecule has 0 unspecified atom stereocenters. The summed E-state index contributed by atoms with van der Waals surface area (Å²) < 4.78 is 19.2. The van der Waals surface area contributed by atoms with Gasteiger partial charge in [0, 0.05) is 47.6 Å². The molecule has 1 aliphatic heterocycles. The number of halogens is 1. The molecule has 0 atom stereocenters. The number of piperidine rings is 1. The standard InChI is InChI=1S/C30H29FN2O3/c1-36-24-10-7-21(8-11-24)30(35)22-15-17-33(18-16-22)28(34)14-12-25-26-19-23(31)9-13-27(26)32-29(25)20-5-3-2-4-6-20/h2-11,13,19,22,32H,12,14-18H2,1H3. The third-order valence-corrected chi connectivity index (χ3v) is 7.11. The summed E-state index contributed by atoms with van der Waals surface area (Å²) in [6.07, 6.45) is 2.16. The van der Waals surface area contributed by atoms with E-state index in [0.717, 1.165) is 33.5 Å². The topological polar surface area (TPSA) is 62.4 Å². The number of rotatable bonds is 7. The second kappa shape index (κ2) is 10.4. The quantitative estimate of drug-likeness (QED) is 0.326. The highest BCUT2D eigenvalue weighted by Gasteiger charge is 2.28. The summed E-state index contributed by atoms with van der Waals surface area (Å²) in [5.74, 6) is 0.537. The van der Waals surface area contributed by atoms with Crippen LogP contribution in [-0.2, 0) is 11.2 Å². The number of aryl methyl sites for hydroxylation is 1. The van der Waals surface area contributed by atoms with Crippen molar-refractivity contribution in [2.24, 2.45) is 5.92 Å². The minimum absolute atomic E-state index is 0.0649. The Labute approximate surface area is 209 Å². The van der Waals surface area contributed by atoms with Gasteiger partial charge in [0.25, 0.3) is 0 Å². The van der Waals surface area contributed by atoms with Gasteiger partial charge < -0.3 is 14.6 Å². The van der Waals surface area contributed by atoms with Gasteiger partial charge in [-0.25, -0.2) is 4.39 Å². The average Bonchev–Trinajstić information content (AvgIpc) is 3.29. The molecule has 2 heterocycles. The van der Waals surface area contributed by atoms with E-state index >= 15 is 0 Å². The molecule has 5 rings (SSSR count).